The molecule has 1 rings (SSSR count). The zero-order chi connectivity index (χ0) is 9.90. The first-order valence-electron chi connectivity index (χ1n) is 3.25. The van der Waals surface area contributed by atoms with E-state index in [4.69, 9.17) is 5.21 Å². The van der Waals surface area contributed by atoms with Gasteiger partial charge in [0.05, 0.1) is 0 Å². The fourth-order valence-corrected chi connectivity index (χ4v) is 0.788. The molecule has 3 N–H and O–H groups in total. The summed E-state index contributed by atoms with van der Waals surface area (Å²) in [6, 6.07) is 2.23. The van der Waals surface area contributed by atoms with E-state index in [0.717, 1.165) is 12.1 Å². The van der Waals surface area contributed by atoms with Crippen LogP contribution in [0.1, 0.15) is 5.56 Å². The number of alkyl halides is 3. The smallest absolute Gasteiger partial charge is 0.412 e. The molecule has 0 saturated heterocycles. The number of hydrogen-bond donors (Lipinski definition) is 1. The summed E-state index contributed by atoms with van der Waals surface area (Å²) >= 11 is 0. The number of hydrogen-bond acceptors (Lipinski definition) is 3. The molecule has 0 radical (unpaired) electrons. The van der Waals surface area contributed by atoms with E-state index in [1.54, 1.807) is 0 Å². The van der Waals surface area contributed by atoms with Gasteiger partial charge >= 0.3 is 6.18 Å². The molecular weight excluding hydrogens is 201 g/mol. The zero-order valence-electron chi connectivity index (χ0n) is 6.78. The average Bonchev–Trinajstić information content (AvgIpc) is 2.05. The second-order valence-electron chi connectivity index (χ2n) is 2.18. The highest BCUT2D eigenvalue weighted by Crippen LogP contribution is 2.21. The zero-order valence-corrected chi connectivity index (χ0v) is 6.78. The van der Waals surface area contributed by atoms with E-state index in [0.29, 0.717) is 0 Å². The molecule has 0 aliphatic heterocycles. The van der Waals surface area contributed by atoms with Gasteiger partial charge in [-0.05, 0) is 12.1 Å². The standard InChI is InChI=1S/C7H5F3N2O.H2O/c8-7(9,10)6(12-13)5-1-3-11-4-2-5;/h1-4,13H;1H2/b12-6-;. The van der Waals surface area contributed by atoms with Crippen LogP contribution in [0.4, 0.5) is 13.2 Å². The summed E-state index contributed by atoms with van der Waals surface area (Å²) in [5.41, 5.74) is -1.54. The van der Waals surface area contributed by atoms with E-state index < -0.39 is 11.9 Å². The second kappa shape index (κ2) is 4.56. The van der Waals surface area contributed by atoms with Crippen molar-refractivity contribution in [1.82, 2.24) is 4.98 Å². The summed E-state index contributed by atoms with van der Waals surface area (Å²) in [4.78, 5) is 3.54. The van der Waals surface area contributed by atoms with Crippen LogP contribution >= 0.6 is 0 Å². The predicted octanol–water partition coefficient (Wildman–Crippen LogP) is 0.997. The van der Waals surface area contributed by atoms with Crippen molar-refractivity contribution >= 4 is 5.71 Å². The van der Waals surface area contributed by atoms with Crippen molar-refractivity contribution in [3.05, 3.63) is 30.1 Å². The lowest BCUT2D eigenvalue weighted by Crippen LogP contribution is -2.23. The normalized spacial score (nSPS) is 12.1. The van der Waals surface area contributed by atoms with Crippen LogP contribution in [0.3, 0.4) is 0 Å². The molecule has 0 bridgehead atoms. The van der Waals surface area contributed by atoms with Gasteiger partial charge in [-0.25, -0.2) is 0 Å². The van der Waals surface area contributed by atoms with Crippen molar-refractivity contribution in [2.24, 2.45) is 5.16 Å². The quantitative estimate of drug-likeness (QED) is 0.424. The van der Waals surface area contributed by atoms with Gasteiger partial charge in [0.1, 0.15) is 0 Å². The number of rotatable bonds is 1. The summed E-state index contributed by atoms with van der Waals surface area (Å²) in [5, 5.41) is 10.4. The lowest BCUT2D eigenvalue weighted by molar-refractivity contribution is -0.0601. The van der Waals surface area contributed by atoms with E-state index in [1.807, 2.05) is 0 Å². The Morgan fingerprint density at radius 2 is 1.79 bits per heavy atom. The SMILES string of the molecule is O.O/N=C(/c1ccncc1)C(F)(F)F. The lowest BCUT2D eigenvalue weighted by Gasteiger charge is -2.07. The van der Waals surface area contributed by atoms with Gasteiger partial charge < -0.3 is 10.7 Å². The van der Waals surface area contributed by atoms with E-state index in [9.17, 15) is 13.2 Å². The first-order chi connectivity index (χ1) is 6.05. The van der Waals surface area contributed by atoms with Crippen LogP contribution in [0, 0.1) is 0 Å². The van der Waals surface area contributed by atoms with Gasteiger partial charge in [0.25, 0.3) is 0 Å². The van der Waals surface area contributed by atoms with Gasteiger partial charge in [0, 0.05) is 18.0 Å². The van der Waals surface area contributed by atoms with Crippen LogP contribution in [-0.2, 0) is 0 Å². The molecule has 0 amide bonds. The van der Waals surface area contributed by atoms with Crippen LogP contribution in [0.15, 0.2) is 29.7 Å². The molecule has 0 aliphatic carbocycles. The summed E-state index contributed by atoms with van der Waals surface area (Å²) in [5.74, 6) is 0. The topological polar surface area (TPSA) is 77.0 Å². The average molecular weight is 208 g/mol. The van der Waals surface area contributed by atoms with E-state index in [1.165, 1.54) is 12.4 Å². The summed E-state index contributed by atoms with van der Waals surface area (Å²) < 4.78 is 36.3. The second-order valence-corrected chi connectivity index (χ2v) is 2.18. The summed E-state index contributed by atoms with van der Waals surface area (Å²) in [6.07, 6.45) is -2.28. The van der Waals surface area contributed by atoms with Crippen LogP contribution in [0.2, 0.25) is 0 Å². The van der Waals surface area contributed by atoms with E-state index >= 15 is 0 Å². The Morgan fingerprint density at radius 3 is 2.14 bits per heavy atom. The Bertz CT molecular complexity index is 310. The predicted molar refractivity (Wildman–Crippen MR) is 42.2 cm³/mol. The van der Waals surface area contributed by atoms with Crippen molar-refractivity contribution in [3.63, 3.8) is 0 Å². The third-order valence-electron chi connectivity index (χ3n) is 1.32. The molecule has 7 heteroatoms. The Balaban J connectivity index is 0.00000169. The number of aromatic nitrogens is 1. The highest BCUT2D eigenvalue weighted by molar-refractivity contribution is 6.04. The maximum Gasteiger partial charge on any atom is 0.437 e. The molecule has 14 heavy (non-hydrogen) atoms. The lowest BCUT2D eigenvalue weighted by atomic mass is 10.1. The van der Waals surface area contributed by atoms with Gasteiger partial charge in [-0.15, -0.1) is 0 Å². The minimum Gasteiger partial charge on any atom is -0.412 e. The largest absolute Gasteiger partial charge is 0.437 e. The molecule has 0 saturated carbocycles. The molecule has 0 unspecified atom stereocenters. The van der Waals surface area contributed by atoms with Crippen molar-refractivity contribution in [2.45, 2.75) is 6.18 Å². The summed E-state index contributed by atoms with van der Waals surface area (Å²) in [7, 11) is 0. The first kappa shape index (κ1) is 12.4. The molecule has 1 aromatic heterocycles. The molecule has 1 heterocycles. The van der Waals surface area contributed by atoms with Crippen molar-refractivity contribution in [1.29, 1.82) is 0 Å². The highest BCUT2D eigenvalue weighted by atomic mass is 19.4. The van der Waals surface area contributed by atoms with Crippen LogP contribution < -0.4 is 0 Å². The third kappa shape index (κ3) is 2.70. The molecule has 0 aromatic carbocycles. The molecule has 0 spiro atoms. The molecule has 1 aromatic rings. The fourth-order valence-electron chi connectivity index (χ4n) is 0.788. The number of halogens is 3. The maximum atomic E-state index is 12.1. The van der Waals surface area contributed by atoms with Gasteiger partial charge in [-0.2, -0.15) is 13.2 Å². The first-order valence-corrected chi connectivity index (χ1v) is 3.25. The summed E-state index contributed by atoms with van der Waals surface area (Å²) in [6.45, 7) is 0. The van der Waals surface area contributed by atoms with Gasteiger partial charge in [0.2, 0.25) is 0 Å². The molecule has 78 valence electrons. The molecular formula is C7H7F3N2O2. The Kier molecular flexibility index (Phi) is 4.03. The Hall–Kier alpha value is -1.63. The number of nitrogens with zero attached hydrogens (tertiary/aromatic N) is 2. The maximum absolute atomic E-state index is 12.1. The Labute approximate surface area is 77.0 Å². The van der Waals surface area contributed by atoms with Crippen LogP contribution in [0.5, 0.6) is 0 Å². The minimum absolute atomic E-state index is 0. The number of pyridine rings is 1. The van der Waals surface area contributed by atoms with Crippen molar-refractivity contribution in [3.8, 4) is 0 Å². The molecule has 0 atom stereocenters. The molecule has 0 fully saturated rings. The molecule has 0 aliphatic rings. The highest BCUT2D eigenvalue weighted by Gasteiger charge is 2.37. The molecule has 4 nitrogen and oxygen atoms in total. The van der Waals surface area contributed by atoms with E-state index in [-0.39, 0.29) is 11.0 Å². The van der Waals surface area contributed by atoms with Crippen molar-refractivity contribution < 1.29 is 23.9 Å². The van der Waals surface area contributed by atoms with E-state index in [2.05, 4.69) is 10.1 Å². The minimum atomic E-state index is -4.66. The fraction of sp³-hybridized carbons (Fsp3) is 0.143. The Morgan fingerprint density at radius 1 is 1.29 bits per heavy atom. The van der Waals surface area contributed by atoms with Gasteiger partial charge in [-0.1, -0.05) is 5.16 Å². The van der Waals surface area contributed by atoms with Crippen LogP contribution in [0.25, 0.3) is 0 Å². The number of oxime groups is 1. The van der Waals surface area contributed by atoms with Crippen molar-refractivity contribution in [2.75, 3.05) is 0 Å². The monoisotopic (exact) mass is 208 g/mol. The third-order valence-corrected chi connectivity index (χ3v) is 1.32. The van der Waals surface area contributed by atoms with Gasteiger partial charge in [-0.3, -0.25) is 4.98 Å². The van der Waals surface area contributed by atoms with Gasteiger partial charge in [0.15, 0.2) is 5.71 Å². The van der Waals surface area contributed by atoms with Crippen LogP contribution in [-0.4, -0.2) is 27.6 Å².